The highest BCUT2D eigenvalue weighted by atomic mass is 32.1. The van der Waals surface area contributed by atoms with Gasteiger partial charge in [-0.1, -0.05) is 0 Å². The molecule has 5 heteroatoms. The van der Waals surface area contributed by atoms with E-state index in [0.29, 0.717) is 0 Å². The summed E-state index contributed by atoms with van der Waals surface area (Å²) in [5.74, 6) is 1.66. The predicted octanol–water partition coefficient (Wildman–Crippen LogP) is 0.552. The summed E-state index contributed by atoms with van der Waals surface area (Å²) in [6, 6.07) is 0. The van der Waals surface area contributed by atoms with Crippen molar-refractivity contribution in [2.45, 2.75) is 5.50 Å². The van der Waals surface area contributed by atoms with E-state index in [9.17, 15) is 0 Å². The SMILES string of the molecule is CN1c2nccnc2NC1S. The van der Waals surface area contributed by atoms with Crippen LogP contribution in [0.1, 0.15) is 0 Å². The molecule has 1 unspecified atom stereocenters. The maximum absolute atomic E-state index is 4.27. The largest absolute Gasteiger partial charge is 0.338 e. The van der Waals surface area contributed by atoms with Crippen molar-refractivity contribution < 1.29 is 0 Å². The van der Waals surface area contributed by atoms with E-state index >= 15 is 0 Å². The van der Waals surface area contributed by atoms with E-state index in [4.69, 9.17) is 0 Å². The van der Waals surface area contributed by atoms with E-state index in [-0.39, 0.29) is 5.50 Å². The Morgan fingerprint density at radius 1 is 1.55 bits per heavy atom. The average Bonchev–Trinajstić information content (AvgIpc) is 2.30. The molecule has 0 saturated heterocycles. The second-order valence-corrected chi connectivity index (χ2v) is 2.85. The zero-order valence-corrected chi connectivity index (χ0v) is 6.92. The highest BCUT2D eigenvalue weighted by Crippen LogP contribution is 2.29. The molecule has 1 aliphatic rings. The molecular formula is C6H8N4S. The molecular weight excluding hydrogens is 160 g/mol. The first kappa shape index (κ1) is 6.72. The summed E-state index contributed by atoms with van der Waals surface area (Å²) in [6.45, 7) is 0. The van der Waals surface area contributed by atoms with Gasteiger partial charge in [0, 0.05) is 19.4 Å². The van der Waals surface area contributed by atoms with Gasteiger partial charge in [-0.05, 0) is 0 Å². The summed E-state index contributed by atoms with van der Waals surface area (Å²) in [5.41, 5.74) is -0.00704. The van der Waals surface area contributed by atoms with E-state index in [1.54, 1.807) is 12.4 Å². The van der Waals surface area contributed by atoms with Crippen LogP contribution in [0.3, 0.4) is 0 Å². The zero-order valence-electron chi connectivity index (χ0n) is 6.02. The van der Waals surface area contributed by atoms with E-state index < -0.39 is 0 Å². The Balaban J connectivity index is 2.47. The van der Waals surface area contributed by atoms with E-state index in [1.807, 2.05) is 11.9 Å². The predicted molar refractivity (Wildman–Crippen MR) is 46.8 cm³/mol. The molecule has 2 heterocycles. The smallest absolute Gasteiger partial charge is 0.173 e. The lowest BCUT2D eigenvalue weighted by atomic mass is 10.6. The van der Waals surface area contributed by atoms with Crippen molar-refractivity contribution in [3.63, 3.8) is 0 Å². The standard InChI is InChI=1S/C6H8N4S/c1-10-5-4(9-6(10)11)7-2-3-8-5/h2-3,6,11H,1H3,(H,7,9). The van der Waals surface area contributed by atoms with Crippen molar-refractivity contribution in [2.75, 3.05) is 17.3 Å². The first-order valence-corrected chi connectivity index (χ1v) is 3.79. The number of hydrogen-bond acceptors (Lipinski definition) is 5. The second-order valence-electron chi connectivity index (χ2n) is 2.36. The Labute approximate surface area is 70.1 Å². The van der Waals surface area contributed by atoms with Crippen molar-refractivity contribution >= 4 is 24.3 Å². The number of rotatable bonds is 0. The zero-order chi connectivity index (χ0) is 7.84. The highest BCUT2D eigenvalue weighted by Gasteiger charge is 2.24. The molecule has 1 aromatic heterocycles. The molecule has 58 valence electrons. The van der Waals surface area contributed by atoms with Crippen LogP contribution < -0.4 is 10.2 Å². The summed E-state index contributed by atoms with van der Waals surface area (Å²) >= 11 is 4.27. The maximum Gasteiger partial charge on any atom is 0.173 e. The minimum atomic E-state index is -0.00704. The molecule has 0 amide bonds. The van der Waals surface area contributed by atoms with Crippen molar-refractivity contribution in [2.24, 2.45) is 0 Å². The Morgan fingerprint density at radius 2 is 2.27 bits per heavy atom. The van der Waals surface area contributed by atoms with Crippen LogP contribution in [0, 0.1) is 0 Å². The molecule has 0 saturated carbocycles. The monoisotopic (exact) mass is 168 g/mol. The number of hydrogen-bond donors (Lipinski definition) is 2. The van der Waals surface area contributed by atoms with Gasteiger partial charge in [0.25, 0.3) is 0 Å². The van der Waals surface area contributed by atoms with E-state index in [1.165, 1.54) is 0 Å². The van der Waals surface area contributed by atoms with E-state index in [0.717, 1.165) is 11.6 Å². The summed E-state index contributed by atoms with van der Waals surface area (Å²) in [5, 5.41) is 3.06. The topological polar surface area (TPSA) is 41.1 Å². The van der Waals surface area contributed by atoms with Gasteiger partial charge in [0.2, 0.25) is 0 Å². The maximum atomic E-state index is 4.27. The number of nitrogens with zero attached hydrogens (tertiary/aromatic N) is 3. The highest BCUT2D eigenvalue weighted by molar-refractivity contribution is 7.81. The van der Waals surface area contributed by atoms with Crippen LogP contribution in [0.2, 0.25) is 0 Å². The molecule has 0 bridgehead atoms. The lowest BCUT2D eigenvalue weighted by molar-refractivity contribution is 0.958. The molecule has 11 heavy (non-hydrogen) atoms. The number of thiol groups is 1. The fourth-order valence-corrected chi connectivity index (χ4v) is 1.26. The normalized spacial score (nSPS) is 21.3. The van der Waals surface area contributed by atoms with Crippen LogP contribution in [0.4, 0.5) is 11.6 Å². The molecule has 0 aliphatic carbocycles. The van der Waals surface area contributed by atoms with Gasteiger partial charge in [-0.2, -0.15) is 0 Å². The fraction of sp³-hybridized carbons (Fsp3) is 0.333. The third-order valence-electron chi connectivity index (χ3n) is 1.65. The van der Waals surface area contributed by atoms with Gasteiger partial charge in [0.1, 0.15) is 5.50 Å². The number of aromatic nitrogens is 2. The van der Waals surface area contributed by atoms with Crippen molar-refractivity contribution in [3.8, 4) is 0 Å². The van der Waals surface area contributed by atoms with Crippen LogP contribution in [-0.4, -0.2) is 22.5 Å². The van der Waals surface area contributed by atoms with Crippen LogP contribution in [0.15, 0.2) is 12.4 Å². The minimum absolute atomic E-state index is 0.00704. The molecule has 1 aromatic rings. The van der Waals surface area contributed by atoms with Crippen molar-refractivity contribution in [1.29, 1.82) is 0 Å². The molecule has 4 nitrogen and oxygen atoms in total. The molecule has 1 atom stereocenters. The van der Waals surface area contributed by atoms with Crippen LogP contribution in [-0.2, 0) is 0 Å². The van der Waals surface area contributed by atoms with Gasteiger partial charge in [-0.3, -0.25) is 0 Å². The Bertz CT molecular complexity index is 277. The van der Waals surface area contributed by atoms with Crippen LogP contribution in [0.5, 0.6) is 0 Å². The van der Waals surface area contributed by atoms with Gasteiger partial charge in [-0.25, -0.2) is 9.97 Å². The van der Waals surface area contributed by atoms with Gasteiger partial charge in [0.05, 0.1) is 0 Å². The molecule has 0 radical (unpaired) electrons. The van der Waals surface area contributed by atoms with Crippen molar-refractivity contribution in [3.05, 3.63) is 12.4 Å². The van der Waals surface area contributed by atoms with Crippen LogP contribution >= 0.6 is 12.6 Å². The van der Waals surface area contributed by atoms with Gasteiger partial charge >= 0.3 is 0 Å². The Morgan fingerprint density at radius 3 is 3.00 bits per heavy atom. The molecule has 0 spiro atoms. The van der Waals surface area contributed by atoms with Gasteiger partial charge in [-0.15, -0.1) is 12.6 Å². The third-order valence-corrected chi connectivity index (χ3v) is 2.12. The Hall–Kier alpha value is -0.970. The lowest BCUT2D eigenvalue weighted by Crippen LogP contribution is -2.26. The number of anilines is 2. The number of fused-ring (bicyclic) bond motifs is 1. The molecule has 0 aromatic carbocycles. The summed E-state index contributed by atoms with van der Waals surface area (Å²) in [4.78, 5) is 10.2. The quantitative estimate of drug-likeness (QED) is 0.555. The summed E-state index contributed by atoms with van der Waals surface area (Å²) in [6.07, 6.45) is 3.33. The Kier molecular flexibility index (Phi) is 1.38. The van der Waals surface area contributed by atoms with Gasteiger partial charge < -0.3 is 10.2 Å². The summed E-state index contributed by atoms with van der Waals surface area (Å²) < 4.78 is 0. The van der Waals surface area contributed by atoms with Gasteiger partial charge in [0.15, 0.2) is 11.6 Å². The molecule has 1 N–H and O–H groups in total. The number of nitrogens with one attached hydrogen (secondary N) is 1. The average molecular weight is 168 g/mol. The third kappa shape index (κ3) is 0.920. The lowest BCUT2D eigenvalue weighted by Gasteiger charge is -2.14. The first-order chi connectivity index (χ1) is 5.29. The first-order valence-electron chi connectivity index (χ1n) is 3.27. The van der Waals surface area contributed by atoms with Crippen molar-refractivity contribution in [1.82, 2.24) is 9.97 Å². The second kappa shape index (κ2) is 2.27. The fourth-order valence-electron chi connectivity index (χ4n) is 1.03. The van der Waals surface area contributed by atoms with E-state index in [2.05, 4.69) is 27.9 Å². The van der Waals surface area contributed by atoms with Crippen LogP contribution in [0.25, 0.3) is 0 Å². The molecule has 0 fully saturated rings. The summed E-state index contributed by atoms with van der Waals surface area (Å²) in [7, 11) is 1.92. The minimum Gasteiger partial charge on any atom is -0.338 e. The molecule has 1 aliphatic heterocycles. The molecule has 2 rings (SSSR count).